The molecule has 0 saturated carbocycles. The van der Waals surface area contributed by atoms with E-state index in [9.17, 15) is 9.59 Å². The van der Waals surface area contributed by atoms with E-state index in [4.69, 9.17) is 21.1 Å². The normalized spacial score (nSPS) is 11.7. The molecule has 1 atom stereocenters. The van der Waals surface area contributed by atoms with E-state index < -0.39 is 12.1 Å². The number of nitrogens with one attached hydrogen (secondary N) is 1. The first kappa shape index (κ1) is 18.8. The lowest BCUT2D eigenvalue weighted by Gasteiger charge is -2.16. The zero-order chi connectivity index (χ0) is 18.4. The third kappa shape index (κ3) is 5.50. The Bertz CT molecular complexity index is 743. The van der Waals surface area contributed by atoms with Crippen molar-refractivity contribution in [2.45, 2.75) is 33.0 Å². The molecule has 0 aromatic heterocycles. The zero-order valence-electron chi connectivity index (χ0n) is 14.3. The fraction of sp³-hybridized carbons (Fsp3) is 0.263. The van der Waals surface area contributed by atoms with Crippen LogP contribution < -0.4 is 10.1 Å². The lowest BCUT2D eigenvalue weighted by molar-refractivity contribution is -0.154. The van der Waals surface area contributed by atoms with Crippen LogP contribution in [0.4, 0.5) is 5.69 Å². The van der Waals surface area contributed by atoms with Gasteiger partial charge >= 0.3 is 5.97 Å². The Morgan fingerprint density at radius 3 is 2.24 bits per heavy atom. The van der Waals surface area contributed by atoms with Gasteiger partial charge in [-0.1, -0.05) is 23.7 Å². The zero-order valence-corrected chi connectivity index (χ0v) is 15.0. The van der Waals surface area contributed by atoms with Gasteiger partial charge in [-0.05, 0) is 57.2 Å². The molecular formula is C19H20ClNO4. The average Bonchev–Trinajstić information content (AvgIpc) is 2.57. The topological polar surface area (TPSA) is 64.6 Å². The fourth-order valence-corrected chi connectivity index (χ4v) is 2.21. The first-order chi connectivity index (χ1) is 11.9. The summed E-state index contributed by atoms with van der Waals surface area (Å²) < 4.78 is 10.6. The second-order valence-corrected chi connectivity index (χ2v) is 6.11. The molecule has 2 aromatic carbocycles. The van der Waals surface area contributed by atoms with E-state index in [-0.39, 0.29) is 12.0 Å². The molecule has 1 amide bonds. The molecule has 132 valence electrons. The number of hydrogen-bond acceptors (Lipinski definition) is 4. The smallest absolute Gasteiger partial charge is 0.347 e. The number of halogens is 1. The monoisotopic (exact) mass is 361 g/mol. The molecule has 0 bridgehead atoms. The van der Waals surface area contributed by atoms with Gasteiger partial charge in [-0.15, -0.1) is 0 Å². The van der Waals surface area contributed by atoms with Crippen LogP contribution in [0, 0.1) is 0 Å². The van der Waals surface area contributed by atoms with Crippen LogP contribution in [-0.2, 0) is 9.53 Å². The minimum atomic E-state index is -0.731. The Morgan fingerprint density at radius 2 is 1.64 bits per heavy atom. The minimum absolute atomic E-state index is 0.200. The molecule has 1 N–H and O–H groups in total. The summed E-state index contributed by atoms with van der Waals surface area (Å²) in [6.07, 6.45) is -0.931. The van der Waals surface area contributed by atoms with Gasteiger partial charge in [-0.3, -0.25) is 4.79 Å². The molecule has 0 spiro atoms. The third-order valence-electron chi connectivity index (χ3n) is 3.24. The summed E-state index contributed by atoms with van der Waals surface area (Å²) in [5.41, 5.74) is 0.990. The highest BCUT2D eigenvalue weighted by atomic mass is 35.5. The summed E-state index contributed by atoms with van der Waals surface area (Å²) >= 11 is 6.03. The number of anilines is 1. The van der Waals surface area contributed by atoms with E-state index >= 15 is 0 Å². The van der Waals surface area contributed by atoms with E-state index in [1.165, 1.54) is 0 Å². The van der Waals surface area contributed by atoms with Crippen molar-refractivity contribution < 1.29 is 19.1 Å². The second kappa shape index (κ2) is 8.53. The summed E-state index contributed by atoms with van der Waals surface area (Å²) in [5.74, 6) is -0.245. The van der Waals surface area contributed by atoms with Gasteiger partial charge in [0, 0.05) is 5.56 Å². The lowest BCUT2D eigenvalue weighted by Crippen LogP contribution is -2.28. The predicted molar refractivity (Wildman–Crippen MR) is 97.2 cm³/mol. The quantitative estimate of drug-likeness (QED) is 0.778. The van der Waals surface area contributed by atoms with Crippen LogP contribution in [0.1, 0.15) is 31.1 Å². The number of para-hydroxylation sites is 1. The molecule has 0 fully saturated rings. The van der Waals surface area contributed by atoms with Crippen LogP contribution in [-0.4, -0.2) is 24.1 Å². The Balaban J connectivity index is 1.98. The molecule has 6 heteroatoms. The molecule has 0 saturated heterocycles. The van der Waals surface area contributed by atoms with Crippen LogP contribution in [0.25, 0.3) is 0 Å². The van der Waals surface area contributed by atoms with Crippen molar-refractivity contribution in [2.24, 2.45) is 0 Å². The second-order valence-electron chi connectivity index (χ2n) is 5.70. The lowest BCUT2D eigenvalue weighted by atomic mass is 10.2. The molecule has 2 aromatic rings. The standard InChI is InChI=1S/C19H20ClNO4/c1-12(2)24-19(23)13(3)25-15-10-8-14(9-11-15)18(22)21-17-7-5-4-6-16(17)20/h4-13H,1-3H3,(H,21,22)/t13-/m0/s1. The number of esters is 1. The van der Waals surface area contributed by atoms with Gasteiger partial charge in [0.1, 0.15) is 5.75 Å². The largest absolute Gasteiger partial charge is 0.479 e. The molecule has 0 heterocycles. The molecule has 0 unspecified atom stereocenters. The maximum atomic E-state index is 12.2. The number of hydrogen-bond donors (Lipinski definition) is 1. The maximum Gasteiger partial charge on any atom is 0.347 e. The van der Waals surface area contributed by atoms with Crippen LogP contribution in [0.5, 0.6) is 5.75 Å². The summed E-state index contributed by atoms with van der Waals surface area (Å²) in [6.45, 7) is 5.16. The molecule has 2 rings (SSSR count). The van der Waals surface area contributed by atoms with E-state index in [0.29, 0.717) is 22.0 Å². The molecule has 0 radical (unpaired) electrons. The summed E-state index contributed by atoms with van der Waals surface area (Å²) in [6, 6.07) is 13.5. The Kier molecular flexibility index (Phi) is 6.42. The van der Waals surface area contributed by atoms with Crippen LogP contribution in [0.3, 0.4) is 0 Å². The van der Waals surface area contributed by atoms with Crippen molar-refractivity contribution in [2.75, 3.05) is 5.32 Å². The Morgan fingerprint density at radius 1 is 1.00 bits per heavy atom. The van der Waals surface area contributed by atoms with Crippen molar-refractivity contribution in [1.82, 2.24) is 0 Å². The van der Waals surface area contributed by atoms with Gasteiger partial charge in [0.2, 0.25) is 0 Å². The summed E-state index contributed by atoms with van der Waals surface area (Å²) in [7, 11) is 0. The van der Waals surface area contributed by atoms with Gasteiger partial charge in [0.25, 0.3) is 5.91 Å². The molecule has 0 aliphatic heterocycles. The third-order valence-corrected chi connectivity index (χ3v) is 3.56. The average molecular weight is 362 g/mol. The number of ether oxygens (including phenoxy) is 2. The van der Waals surface area contributed by atoms with E-state index in [0.717, 1.165) is 0 Å². The molecule has 0 aliphatic carbocycles. The Hall–Kier alpha value is -2.53. The van der Waals surface area contributed by atoms with Gasteiger partial charge in [-0.2, -0.15) is 0 Å². The van der Waals surface area contributed by atoms with Crippen molar-refractivity contribution in [3.63, 3.8) is 0 Å². The number of carbonyl (C=O) groups is 2. The van der Waals surface area contributed by atoms with Crippen molar-refractivity contribution in [3.8, 4) is 5.75 Å². The van der Waals surface area contributed by atoms with Crippen molar-refractivity contribution in [3.05, 3.63) is 59.1 Å². The van der Waals surface area contributed by atoms with Crippen LogP contribution in [0.2, 0.25) is 5.02 Å². The van der Waals surface area contributed by atoms with Crippen molar-refractivity contribution >= 4 is 29.2 Å². The SMILES string of the molecule is CC(C)OC(=O)[C@H](C)Oc1ccc(C(=O)Nc2ccccc2Cl)cc1. The molecular weight excluding hydrogens is 342 g/mol. The first-order valence-corrected chi connectivity index (χ1v) is 8.27. The molecule has 25 heavy (non-hydrogen) atoms. The van der Waals surface area contributed by atoms with Crippen LogP contribution in [0.15, 0.2) is 48.5 Å². The number of amides is 1. The van der Waals surface area contributed by atoms with Crippen molar-refractivity contribution in [1.29, 1.82) is 0 Å². The highest BCUT2D eigenvalue weighted by Gasteiger charge is 2.17. The fourth-order valence-electron chi connectivity index (χ4n) is 2.02. The van der Waals surface area contributed by atoms with Gasteiger partial charge in [-0.25, -0.2) is 4.79 Å². The highest BCUT2D eigenvalue weighted by molar-refractivity contribution is 6.33. The summed E-state index contributed by atoms with van der Waals surface area (Å²) in [5, 5.41) is 3.21. The van der Waals surface area contributed by atoms with E-state index in [2.05, 4.69) is 5.32 Å². The summed E-state index contributed by atoms with van der Waals surface area (Å²) in [4.78, 5) is 24.0. The Labute approximate surface area is 151 Å². The van der Waals surface area contributed by atoms with Gasteiger partial charge < -0.3 is 14.8 Å². The van der Waals surface area contributed by atoms with E-state index in [1.54, 1.807) is 69.3 Å². The van der Waals surface area contributed by atoms with Gasteiger partial charge in [0.05, 0.1) is 16.8 Å². The van der Waals surface area contributed by atoms with Gasteiger partial charge in [0.15, 0.2) is 6.10 Å². The highest BCUT2D eigenvalue weighted by Crippen LogP contribution is 2.22. The van der Waals surface area contributed by atoms with E-state index in [1.807, 2.05) is 0 Å². The van der Waals surface area contributed by atoms with Crippen LogP contribution >= 0.6 is 11.6 Å². The number of carbonyl (C=O) groups excluding carboxylic acids is 2. The minimum Gasteiger partial charge on any atom is -0.479 e. The molecule has 0 aliphatic rings. The predicted octanol–water partition coefficient (Wildman–Crippen LogP) is 4.31. The first-order valence-electron chi connectivity index (χ1n) is 7.90. The number of benzene rings is 2. The number of rotatable bonds is 6. The maximum absolute atomic E-state index is 12.2. The molecule has 5 nitrogen and oxygen atoms in total.